The molecule has 1 aromatic carbocycles. The number of ether oxygens (including phenoxy) is 1. The van der Waals surface area contributed by atoms with Crippen molar-refractivity contribution in [3.05, 3.63) is 39.2 Å². The molecule has 6 heteroatoms. The zero-order chi connectivity index (χ0) is 22.4. The molecule has 0 atom stereocenters. The summed E-state index contributed by atoms with van der Waals surface area (Å²) in [5.74, 6) is 0.442. The van der Waals surface area contributed by atoms with Crippen LogP contribution in [0.1, 0.15) is 70.1 Å². The van der Waals surface area contributed by atoms with Crippen molar-refractivity contribution in [3.8, 4) is 5.75 Å². The molecular formula is C25H34N2O4. The van der Waals surface area contributed by atoms with E-state index in [1.54, 1.807) is 0 Å². The molecule has 2 aliphatic rings. The van der Waals surface area contributed by atoms with Crippen molar-refractivity contribution >= 4 is 16.9 Å². The summed E-state index contributed by atoms with van der Waals surface area (Å²) in [5, 5.41) is 7.74. The molecule has 168 valence electrons. The summed E-state index contributed by atoms with van der Waals surface area (Å²) in [6.45, 7) is 10.5. The van der Waals surface area contributed by atoms with Gasteiger partial charge in [0.2, 0.25) is 0 Å². The lowest BCUT2D eigenvalue weighted by molar-refractivity contribution is -0.124. The van der Waals surface area contributed by atoms with Crippen LogP contribution in [0.2, 0.25) is 0 Å². The van der Waals surface area contributed by atoms with Crippen LogP contribution >= 0.6 is 0 Å². The number of amides is 1. The minimum Gasteiger partial charge on any atom is -0.483 e. The second-order valence-corrected chi connectivity index (χ2v) is 10.5. The van der Waals surface area contributed by atoms with E-state index in [2.05, 4.69) is 38.3 Å². The highest BCUT2D eigenvalue weighted by molar-refractivity contribution is 5.86. The third-order valence-corrected chi connectivity index (χ3v) is 6.50. The largest absolute Gasteiger partial charge is 0.483 e. The maximum atomic E-state index is 12.6. The molecular weight excluding hydrogens is 392 g/mol. The Balaban J connectivity index is 1.47. The molecule has 4 rings (SSSR count). The van der Waals surface area contributed by atoms with Crippen LogP contribution in [-0.2, 0) is 17.6 Å². The molecule has 1 aromatic heterocycles. The van der Waals surface area contributed by atoms with Gasteiger partial charge in [0.25, 0.3) is 5.91 Å². The van der Waals surface area contributed by atoms with Crippen LogP contribution in [-0.4, -0.2) is 29.6 Å². The van der Waals surface area contributed by atoms with E-state index in [0.717, 1.165) is 60.6 Å². The van der Waals surface area contributed by atoms with Gasteiger partial charge in [-0.2, -0.15) is 0 Å². The van der Waals surface area contributed by atoms with Gasteiger partial charge in [0.1, 0.15) is 11.3 Å². The fourth-order valence-corrected chi connectivity index (χ4v) is 5.62. The summed E-state index contributed by atoms with van der Waals surface area (Å²) in [5.41, 5.74) is 2.96. The summed E-state index contributed by atoms with van der Waals surface area (Å²) in [7, 11) is 0. The Morgan fingerprint density at radius 3 is 2.45 bits per heavy atom. The van der Waals surface area contributed by atoms with E-state index in [1.165, 1.54) is 0 Å². The molecule has 1 aliphatic heterocycles. The molecule has 1 amide bonds. The Hall–Kier alpha value is -2.34. The maximum absolute atomic E-state index is 12.6. The van der Waals surface area contributed by atoms with E-state index in [9.17, 15) is 9.59 Å². The quantitative estimate of drug-likeness (QED) is 0.727. The number of hydrogen-bond acceptors (Lipinski definition) is 5. The molecule has 0 bridgehead atoms. The van der Waals surface area contributed by atoms with Crippen molar-refractivity contribution in [1.82, 2.24) is 10.6 Å². The summed E-state index contributed by atoms with van der Waals surface area (Å²) in [6, 6.07) is 3.95. The Bertz CT molecular complexity index is 1050. The summed E-state index contributed by atoms with van der Waals surface area (Å²) in [4.78, 5) is 25.1. The number of piperidine rings is 1. The molecule has 0 spiro atoms. The van der Waals surface area contributed by atoms with Gasteiger partial charge in [-0.3, -0.25) is 4.79 Å². The number of nitrogens with one attached hydrogen (secondary N) is 2. The topological polar surface area (TPSA) is 80.6 Å². The lowest BCUT2D eigenvalue weighted by Crippen LogP contribution is -2.62. The van der Waals surface area contributed by atoms with Crippen LogP contribution in [0.15, 0.2) is 21.3 Å². The monoisotopic (exact) mass is 426 g/mol. The molecule has 1 aliphatic carbocycles. The van der Waals surface area contributed by atoms with Crippen LogP contribution in [0.3, 0.4) is 0 Å². The van der Waals surface area contributed by atoms with Crippen molar-refractivity contribution in [1.29, 1.82) is 0 Å². The van der Waals surface area contributed by atoms with E-state index >= 15 is 0 Å². The van der Waals surface area contributed by atoms with Gasteiger partial charge < -0.3 is 19.8 Å². The van der Waals surface area contributed by atoms with Crippen LogP contribution in [0.25, 0.3) is 11.0 Å². The Kier molecular flexibility index (Phi) is 5.63. The van der Waals surface area contributed by atoms with Crippen molar-refractivity contribution in [2.45, 2.75) is 90.3 Å². The smallest absolute Gasteiger partial charge is 0.339 e. The van der Waals surface area contributed by atoms with E-state index in [-0.39, 0.29) is 35.3 Å². The van der Waals surface area contributed by atoms with Crippen molar-refractivity contribution in [2.75, 3.05) is 6.61 Å². The average Bonchev–Trinajstić information content (AvgIpc) is 2.66. The first-order valence-electron chi connectivity index (χ1n) is 11.3. The van der Waals surface area contributed by atoms with Crippen LogP contribution in [0.4, 0.5) is 0 Å². The number of rotatable bonds is 4. The molecule has 2 aromatic rings. The zero-order valence-corrected chi connectivity index (χ0v) is 19.3. The van der Waals surface area contributed by atoms with Gasteiger partial charge in [-0.05, 0) is 90.8 Å². The third-order valence-electron chi connectivity index (χ3n) is 6.50. The zero-order valence-electron chi connectivity index (χ0n) is 19.3. The summed E-state index contributed by atoms with van der Waals surface area (Å²) >= 11 is 0. The highest BCUT2D eigenvalue weighted by atomic mass is 16.5. The van der Waals surface area contributed by atoms with Gasteiger partial charge in [0, 0.05) is 33.6 Å². The average molecular weight is 427 g/mol. The summed E-state index contributed by atoms with van der Waals surface area (Å²) < 4.78 is 11.5. The van der Waals surface area contributed by atoms with E-state index in [0.29, 0.717) is 11.3 Å². The van der Waals surface area contributed by atoms with Crippen molar-refractivity contribution < 1.29 is 13.9 Å². The van der Waals surface area contributed by atoms with Gasteiger partial charge in [-0.15, -0.1) is 0 Å². The highest BCUT2D eigenvalue weighted by Gasteiger charge is 2.38. The van der Waals surface area contributed by atoms with Gasteiger partial charge in [-0.25, -0.2) is 4.79 Å². The Morgan fingerprint density at radius 1 is 1.13 bits per heavy atom. The van der Waals surface area contributed by atoms with Crippen molar-refractivity contribution in [2.24, 2.45) is 0 Å². The molecule has 1 saturated heterocycles. The number of benzene rings is 1. The predicted octanol–water partition coefficient (Wildman–Crippen LogP) is 3.78. The van der Waals surface area contributed by atoms with Crippen LogP contribution in [0.5, 0.6) is 5.75 Å². The van der Waals surface area contributed by atoms with Crippen molar-refractivity contribution in [3.63, 3.8) is 0 Å². The minimum atomic E-state index is -0.240. The highest BCUT2D eigenvalue weighted by Crippen LogP contribution is 2.33. The molecule has 0 unspecified atom stereocenters. The number of fused-ring (bicyclic) bond motifs is 3. The fraction of sp³-hybridized carbons (Fsp3) is 0.600. The SMILES string of the molecule is Cc1c(OCC(=O)NC2CC(C)(C)NC(C)(C)C2)ccc2c3c(c(=O)oc12)CCCC3. The summed E-state index contributed by atoms with van der Waals surface area (Å²) in [6.07, 6.45) is 5.55. The van der Waals surface area contributed by atoms with E-state index < -0.39 is 0 Å². The molecule has 1 fully saturated rings. The van der Waals surface area contributed by atoms with Gasteiger partial charge >= 0.3 is 5.63 Å². The first kappa shape index (κ1) is 21.9. The molecule has 0 radical (unpaired) electrons. The lowest BCUT2D eigenvalue weighted by atomic mass is 9.79. The predicted molar refractivity (Wildman–Crippen MR) is 122 cm³/mol. The fourth-order valence-electron chi connectivity index (χ4n) is 5.62. The second-order valence-electron chi connectivity index (χ2n) is 10.5. The third kappa shape index (κ3) is 4.64. The van der Waals surface area contributed by atoms with Crippen LogP contribution in [0, 0.1) is 6.92 Å². The maximum Gasteiger partial charge on any atom is 0.339 e. The Morgan fingerprint density at radius 2 is 1.77 bits per heavy atom. The molecule has 2 N–H and O–H groups in total. The minimum absolute atomic E-state index is 0.0355. The number of hydrogen-bond donors (Lipinski definition) is 2. The first-order chi connectivity index (χ1) is 14.5. The number of carbonyl (C=O) groups excluding carboxylic acids is 1. The molecule has 31 heavy (non-hydrogen) atoms. The van der Waals surface area contributed by atoms with Gasteiger partial charge in [0.15, 0.2) is 6.61 Å². The molecule has 0 saturated carbocycles. The molecule has 6 nitrogen and oxygen atoms in total. The van der Waals surface area contributed by atoms with Gasteiger partial charge in [0.05, 0.1) is 0 Å². The first-order valence-corrected chi connectivity index (χ1v) is 11.3. The van der Waals surface area contributed by atoms with E-state index in [1.807, 2.05) is 19.1 Å². The normalized spacial score (nSPS) is 20.3. The number of aryl methyl sites for hydroxylation is 2. The van der Waals surface area contributed by atoms with E-state index in [4.69, 9.17) is 9.15 Å². The molecule has 2 heterocycles. The second kappa shape index (κ2) is 7.97. The van der Waals surface area contributed by atoms with Gasteiger partial charge in [-0.1, -0.05) is 0 Å². The lowest BCUT2D eigenvalue weighted by Gasteiger charge is -2.46. The number of carbonyl (C=O) groups is 1. The standard InChI is InChI=1S/C25H34N2O4/c1-15-20(11-10-18-17-8-6-7-9-19(17)23(29)31-22(15)18)30-14-21(28)26-16-12-24(2,3)27-25(4,5)13-16/h10-11,16,27H,6-9,12-14H2,1-5H3,(H,26,28). The Labute approximate surface area is 183 Å². The van der Waals surface area contributed by atoms with Crippen LogP contribution < -0.4 is 21.0 Å².